The van der Waals surface area contributed by atoms with Crippen molar-refractivity contribution in [1.82, 2.24) is 14.4 Å². The van der Waals surface area contributed by atoms with E-state index in [0.29, 0.717) is 25.4 Å². The van der Waals surface area contributed by atoms with E-state index in [1.54, 1.807) is 11.9 Å². The van der Waals surface area contributed by atoms with Crippen molar-refractivity contribution in [3.8, 4) is 11.1 Å². The molecule has 192 valence electrons. The molecular formula is C28H35N3O5. The van der Waals surface area contributed by atoms with Gasteiger partial charge in [0.25, 0.3) is 5.91 Å². The molecule has 0 spiro atoms. The number of benzene rings is 2. The summed E-state index contributed by atoms with van der Waals surface area (Å²) in [6.07, 6.45) is -0.808. The van der Waals surface area contributed by atoms with Crippen molar-refractivity contribution in [3.05, 3.63) is 59.8 Å². The van der Waals surface area contributed by atoms with E-state index in [2.05, 4.69) is 0 Å². The van der Waals surface area contributed by atoms with Crippen LogP contribution in [0.25, 0.3) is 22.0 Å². The molecular weight excluding hydrogens is 458 g/mol. The fraction of sp³-hybridized carbons (Fsp3) is 0.429. The van der Waals surface area contributed by atoms with Gasteiger partial charge < -0.3 is 28.9 Å². The highest BCUT2D eigenvalue weighted by atomic mass is 16.5. The van der Waals surface area contributed by atoms with Gasteiger partial charge in [-0.2, -0.15) is 0 Å². The van der Waals surface area contributed by atoms with Gasteiger partial charge in [0.2, 0.25) is 0 Å². The van der Waals surface area contributed by atoms with Crippen LogP contribution < -0.4 is 0 Å². The second kappa shape index (κ2) is 10.7. The van der Waals surface area contributed by atoms with Gasteiger partial charge in [-0.25, -0.2) is 4.79 Å². The average Bonchev–Trinajstić information content (AvgIpc) is 3.19. The molecule has 0 aliphatic carbocycles. The van der Waals surface area contributed by atoms with Crippen molar-refractivity contribution in [2.75, 3.05) is 33.9 Å². The molecule has 1 aliphatic rings. The molecule has 0 unspecified atom stereocenters. The zero-order valence-corrected chi connectivity index (χ0v) is 21.6. The van der Waals surface area contributed by atoms with Crippen LogP contribution in [0.2, 0.25) is 0 Å². The number of hydrogen-bond acceptors (Lipinski definition) is 5. The number of rotatable bonds is 4. The summed E-state index contributed by atoms with van der Waals surface area (Å²) in [6.45, 7) is 4.68. The number of hydrogen-bond donors (Lipinski definition) is 1. The van der Waals surface area contributed by atoms with E-state index < -0.39 is 12.1 Å². The van der Waals surface area contributed by atoms with Crippen molar-refractivity contribution in [1.29, 1.82) is 0 Å². The largest absolute Gasteiger partial charge is 0.453 e. The number of carbonyl (C=O) groups excluding carboxylic acids is 2. The fourth-order valence-corrected chi connectivity index (χ4v) is 5.03. The zero-order valence-electron chi connectivity index (χ0n) is 21.6. The highest BCUT2D eigenvalue weighted by molar-refractivity contribution is 6.10. The number of ether oxygens (including phenoxy) is 2. The molecule has 8 nitrogen and oxygen atoms in total. The summed E-state index contributed by atoms with van der Waals surface area (Å²) in [7, 11) is 4.93. The molecule has 2 amide bonds. The van der Waals surface area contributed by atoms with Crippen molar-refractivity contribution in [3.63, 3.8) is 0 Å². The molecule has 36 heavy (non-hydrogen) atoms. The summed E-state index contributed by atoms with van der Waals surface area (Å²) < 4.78 is 13.3. The van der Waals surface area contributed by atoms with Gasteiger partial charge in [-0.3, -0.25) is 4.79 Å². The molecule has 2 heterocycles. The summed E-state index contributed by atoms with van der Waals surface area (Å²) in [4.78, 5) is 29.6. The van der Waals surface area contributed by atoms with E-state index in [0.717, 1.165) is 27.6 Å². The standard InChI is InChI=1S/C28H35N3O5/c1-18-14-31(19(2)16-32)27(33)26-25(22-12-8-9-13-23(22)30(26)4)21-11-7-6-10-20(21)17-36-24(18)15-29(3)28(34)35-5/h6-13,18-19,24,32H,14-17H2,1-5H3/t18-,19-,24-/m1/s1. The number of aromatic nitrogens is 1. The minimum Gasteiger partial charge on any atom is -0.453 e. The molecule has 1 N–H and O–H groups in total. The molecule has 1 aromatic heterocycles. The Hall–Kier alpha value is -3.36. The Morgan fingerprint density at radius 1 is 1.22 bits per heavy atom. The van der Waals surface area contributed by atoms with Crippen molar-refractivity contribution >= 4 is 22.9 Å². The van der Waals surface area contributed by atoms with Crippen LogP contribution in [-0.2, 0) is 23.1 Å². The van der Waals surface area contributed by atoms with Gasteiger partial charge >= 0.3 is 6.09 Å². The van der Waals surface area contributed by atoms with Gasteiger partial charge in [0, 0.05) is 43.0 Å². The predicted octanol–water partition coefficient (Wildman–Crippen LogP) is 3.90. The zero-order chi connectivity index (χ0) is 26.0. The fourth-order valence-electron chi connectivity index (χ4n) is 5.03. The monoisotopic (exact) mass is 493 g/mol. The smallest absolute Gasteiger partial charge is 0.409 e. The Balaban J connectivity index is 1.90. The summed E-state index contributed by atoms with van der Waals surface area (Å²) in [5.41, 5.74) is 4.31. The molecule has 0 bridgehead atoms. The van der Waals surface area contributed by atoms with E-state index in [-0.39, 0.29) is 24.5 Å². The Labute approximate surface area is 212 Å². The van der Waals surface area contributed by atoms with Gasteiger partial charge in [-0.1, -0.05) is 49.4 Å². The third-order valence-electron chi connectivity index (χ3n) is 7.17. The van der Waals surface area contributed by atoms with Crippen LogP contribution in [0.1, 0.15) is 29.9 Å². The van der Waals surface area contributed by atoms with Gasteiger partial charge in [0.1, 0.15) is 5.69 Å². The van der Waals surface area contributed by atoms with Crippen LogP contribution in [-0.4, -0.2) is 77.5 Å². The van der Waals surface area contributed by atoms with E-state index >= 15 is 0 Å². The third-order valence-corrected chi connectivity index (χ3v) is 7.17. The van der Waals surface area contributed by atoms with Crippen LogP contribution in [0.3, 0.4) is 0 Å². The Bertz CT molecular complexity index is 1250. The first-order valence-corrected chi connectivity index (χ1v) is 12.3. The normalized spacial score (nSPS) is 19.3. The lowest BCUT2D eigenvalue weighted by Gasteiger charge is -2.34. The van der Waals surface area contributed by atoms with Crippen LogP contribution in [0.4, 0.5) is 4.79 Å². The maximum atomic E-state index is 14.3. The quantitative estimate of drug-likeness (QED) is 0.596. The van der Waals surface area contributed by atoms with Gasteiger partial charge in [0.15, 0.2) is 0 Å². The summed E-state index contributed by atoms with van der Waals surface area (Å²) in [6, 6.07) is 15.6. The number of fused-ring (bicyclic) bond motifs is 5. The number of aliphatic hydroxyl groups excluding tert-OH is 1. The van der Waals surface area contributed by atoms with Gasteiger partial charge in [-0.15, -0.1) is 0 Å². The number of amides is 2. The van der Waals surface area contributed by atoms with Crippen LogP contribution in [0.15, 0.2) is 48.5 Å². The van der Waals surface area contributed by atoms with Crippen molar-refractivity contribution in [2.24, 2.45) is 13.0 Å². The maximum absolute atomic E-state index is 14.3. The van der Waals surface area contributed by atoms with Gasteiger partial charge in [-0.05, 0) is 24.1 Å². The van der Waals surface area contributed by atoms with Crippen LogP contribution in [0, 0.1) is 5.92 Å². The average molecular weight is 494 g/mol. The lowest BCUT2D eigenvalue weighted by atomic mass is 9.96. The maximum Gasteiger partial charge on any atom is 0.409 e. The lowest BCUT2D eigenvalue weighted by Crippen LogP contribution is -2.48. The number of carbonyl (C=O) groups is 2. The first kappa shape index (κ1) is 25.7. The second-order valence-corrected chi connectivity index (χ2v) is 9.62. The lowest BCUT2D eigenvalue weighted by molar-refractivity contribution is -0.0220. The Morgan fingerprint density at radius 2 is 1.92 bits per heavy atom. The molecule has 1 aliphatic heterocycles. The number of aryl methyl sites for hydroxylation is 1. The first-order chi connectivity index (χ1) is 17.3. The summed E-state index contributed by atoms with van der Waals surface area (Å²) >= 11 is 0. The van der Waals surface area contributed by atoms with E-state index in [1.165, 1.54) is 12.0 Å². The molecule has 0 saturated carbocycles. The molecule has 0 saturated heterocycles. The van der Waals surface area contributed by atoms with Crippen LogP contribution in [0.5, 0.6) is 0 Å². The number of aliphatic hydroxyl groups is 1. The number of nitrogens with zero attached hydrogens (tertiary/aromatic N) is 3. The third kappa shape index (κ3) is 4.70. The Kier molecular flexibility index (Phi) is 7.66. The number of likely N-dealkylation sites (N-methyl/N-ethyl adjacent to an activating group) is 1. The van der Waals surface area contributed by atoms with Gasteiger partial charge in [0.05, 0.1) is 39.0 Å². The second-order valence-electron chi connectivity index (χ2n) is 9.62. The predicted molar refractivity (Wildman–Crippen MR) is 139 cm³/mol. The highest BCUT2D eigenvalue weighted by Gasteiger charge is 2.33. The van der Waals surface area contributed by atoms with E-state index in [4.69, 9.17) is 9.47 Å². The van der Waals surface area contributed by atoms with Crippen molar-refractivity contribution in [2.45, 2.75) is 32.6 Å². The number of para-hydroxylation sites is 1. The molecule has 3 aromatic rings. The molecule has 0 radical (unpaired) electrons. The molecule has 4 rings (SSSR count). The Morgan fingerprint density at radius 3 is 2.64 bits per heavy atom. The summed E-state index contributed by atoms with van der Waals surface area (Å²) in [5, 5.41) is 11.1. The SMILES string of the molecule is COC(=O)N(C)C[C@H]1OCc2ccccc2-c2c(n(C)c3ccccc23)C(=O)N([C@H](C)CO)C[C@H]1C. The molecule has 0 fully saturated rings. The van der Waals surface area contributed by atoms with E-state index in [9.17, 15) is 14.7 Å². The number of methoxy groups -OCH3 is 1. The van der Waals surface area contributed by atoms with Crippen molar-refractivity contribution < 1.29 is 24.2 Å². The summed E-state index contributed by atoms with van der Waals surface area (Å²) in [5.74, 6) is -0.271. The van der Waals surface area contributed by atoms with E-state index in [1.807, 2.05) is 74.0 Å². The minimum atomic E-state index is -0.448. The first-order valence-electron chi connectivity index (χ1n) is 12.3. The highest BCUT2D eigenvalue weighted by Crippen LogP contribution is 2.38. The molecule has 3 atom stereocenters. The molecule has 2 aromatic carbocycles. The minimum absolute atomic E-state index is 0.126. The topological polar surface area (TPSA) is 84.2 Å². The van der Waals surface area contributed by atoms with Crippen LogP contribution >= 0.6 is 0 Å². The molecule has 8 heteroatoms.